The molecule has 200 valence electrons. The molecular formula is C26H37Cl2N3O4S. The Bertz CT molecular complexity index is 1030. The summed E-state index contributed by atoms with van der Waals surface area (Å²) in [5.74, 6) is -0.719. The number of hydrogen-bond donors (Lipinski definition) is 3. The molecule has 10 heteroatoms. The van der Waals surface area contributed by atoms with Gasteiger partial charge in [0.1, 0.15) is 0 Å². The Hall–Kier alpha value is -1.68. The second kappa shape index (κ2) is 15.5. The number of nitrogens with one attached hydrogen (secondary N) is 2. The third-order valence-corrected chi connectivity index (χ3v) is 7.95. The van der Waals surface area contributed by atoms with E-state index in [1.165, 1.54) is 4.31 Å². The third kappa shape index (κ3) is 10.7. The van der Waals surface area contributed by atoms with Gasteiger partial charge in [-0.3, -0.25) is 4.79 Å². The third-order valence-electron chi connectivity index (χ3n) is 5.64. The molecule has 0 unspecified atom stereocenters. The molecule has 3 N–H and O–H groups in total. The summed E-state index contributed by atoms with van der Waals surface area (Å²) in [6, 6.07) is 14.2. The predicted molar refractivity (Wildman–Crippen MR) is 147 cm³/mol. The number of hydrogen-bond acceptors (Lipinski definition) is 5. The zero-order valence-electron chi connectivity index (χ0n) is 20.9. The first-order valence-electron chi connectivity index (χ1n) is 12.3. The standard InChI is InChI=1S/C26H37Cl2N3O4S/c1-3-11-31(12-4-2)36(34,35)13-10-26(33)30-24(16-21-14-22(27)17-23(28)15-21)25(32)19-29-18-20-8-6-5-7-9-20/h5-9,14-15,17,24-25,29,32H,3-4,10-13,16,18-19H2,1-2H3,(H,30,33)/t24-,25-/m0/s1. The Balaban J connectivity index is 2.05. The van der Waals surface area contributed by atoms with Gasteiger partial charge in [0.15, 0.2) is 0 Å². The Morgan fingerprint density at radius 1 is 1.00 bits per heavy atom. The summed E-state index contributed by atoms with van der Waals surface area (Å²) in [6.07, 6.45) is 0.577. The van der Waals surface area contributed by atoms with Gasteiger partial charge in [0.2, 0.25) is 15.9 Å². The molecule has 0 aromatic heterocycles. The summed E-state index contributed by atoms with van der Waals surface area (Å²) in [5, 5.41) is 17.9. The SMILES string of the molecule is CCCN(CCC)S(=O)(=O)CCC(=O)N[C@@H](Cc1cc(Cl)cc(Cl)c1)[C@@H](O)CNCc1ccccc1. The van der Waals surface area contributed by atoms with Crippen LogP contribution in [-0.2, 0) is 27.8 Å². The average Bonchev–Trinajstić information content (AvgIpc) is 2.82. The maximum atomic E-state index is 12.8. The highest BCUT2D eigenvalue weighted by molar-refractivity contribution is 7.89. The number of rotatable bonds is 16. The van der Waals surface area contributed by atoms with Gasteiger partial charge in [0, 0.05) is 42.6 Å². The topological polar surface area (TPSA) is 98.7 Å². The quantitative estimate of drug-likeness (QED) is 0.289. The summed E-state index contributed by atoms with van der Waals surface area (Å²) < 4.78 is 26.9. The van der Waals surface area contributed by atoms with E-state index in [0.29, 0.717) is 42.5 Å². The van der Waals surface area contributed by atoms with Gasteiger partial charge in [-0.2, -0.15) is 0 Å². The van der Waals surface area contributed by atoms with E-state index < -0.39 is 28.1 Å². The maximum absolute atomic E-state index is 12.8. The van der Waals surface area contributed by atoms with Crippen molar-refractivity contribution in [2.24, 2.45) is 0 Å². The van der Waals surface area contributed by atoms with Crippen LogP contribution in [0.5, 0.6) is 0 Å². The first-order valence-corrected chi connectivity index (χ1v) is 14.7. The summed E-state index contributed by atoms with van der Waals surface area (Å²) >= 11 is 12.3. The van der Waals surface area contributed by atoms with Crippen molar-refractivity contribution < 1.29 is 18.3 Å². The van der Waals surface area contributed by atoms with Crippen molar-refractivity contribution in [3.8, 4) is 0 Å². The van der Waals surface area contributed by atoms with Crippen LogP contribution in [-0.4, -0.2) is 61.3 Å². The molecule has 0 fully saturated rings. The van der Waals surface area contributed by atoms with Crippen LogP contribution in [0.2, 0.25) is 10.0 Å². The van der Waals surface area contributed by atoms with Crippen molar-refractivity contribution >= 4 is 39.1 Å². The van der Waals surface area contributed by atoms with E-state index in [4.69, 9.17) is 23.2 Å². The van der Waals surface area contributed by atoms with Crippen LogP contribution in [0.15, 0.2) is 48.5 Å². The number of carbonyl (C=O) groups is 1. The fourth-order valence-electron chi connectivity index (χ4n) is 3.89. The van der Waals surface area contributed by atoms with E-state index in [2.05, 4.69) is 10.6 Å². The van der Waals surface area contributed by atoms with Gasteiger partial charge in [-0.15, -0.1) is 0 Å². The van der Waals surface area contributed by atoms with Crippen molar-refractivity contribution in [2.75, 3.05) is 25.4 Å². The molecule has 2 aromatic carbocycles. The minimum absolute atomic E-state index is 0.191. The minimum atomic E-state index is -3.55. The largest absolute Gasteiger partial charge is 0.390 e. The van der Waals surface area contributed by atoms with E-state index in [0.717, 1.165) is 11.1 Å². The lowest BCUT2D eigenvalue weighted by Gasteiger charge is -2.25. The van der Waals surface area contributed by atoms with Gasteiger partial charge in [0.05, 0.1) is 17.9 Å². The molecule has 0 saturated heterocycles. The Morgan fingerprint density at radius 3 is 2.19 bits per heavy atom. The van der Waals surface area contributed by atoms with Gasteiger partial charge in [-0.25, -0.2) is 12.7 Å². The van der Waals surface area contributed by atoms with Crippen molar-refractivity contribution in [3.05, 3.63) is 69.7 Å². The van der Waals surface area contributed by atoms with Gasteiger partial charge < -0.3 is 15.7 Å². The van der Waals surface area contributed by atoms with E-state index >= 15 is 0 Å². The van der Waals surface area contributed by atoms with E-state index in [1.54, 1.807) is 18.2 Å². The first-order chi connectivity index (χ1) is 17.1. The molecule has 2 aromatic rings. The lowest BCUT2D eigenvalue weighted by atomic mass is 10.0. The normalized spacial score (nSPS) is 13.5. The molecule has 0 aliphatic heterocycles. The van der Waals surface area contributed by atoms with Gasteiger partial charge in [-0.05, 0) is 48.6 Å². The molecule has 1 amide bonds. The highest BCUT2D eigenvalue weighted by atomic mass is 35.5. The summed E-state index contributed by atoms with van der Waals surface area (Å²) in [5.41, 5.74) is 1.82. The molecule has 2 atom stereocenters. The molecule has 36 heavy (non-hydrogen) atoms. The van der Waals surface area contributed by atoms with Crippen LogP contribution < -0.4 is 10.6 Å². The smallest absolute Gasteiger partial charge is 0.221 e. The summed E-state index contributed by atoms with van der Waals surface area (Å²) in [6.45, 7) is 5.50. The number of sulfonamides is 1. The van der Waals surface area contributed by atoms with E-state index in [9.17, 15) is 18.3 Å². The molecule has 0 saturated carbocycles. The molecule has 7 nitrogen and oxygen atoms in total. The fraction of sp³-hybridized carbons (Fsp3) is 0.500. The van der Waals surface area contributed by atoms with Gasteiger partial charge >= 0.3 is 0 Å². The van der Waals surface area contributed by atoms with Crippen LogP contribution in [0.25, 0.3) is 0 Å². The molecule has 2 rings (SSSR count). The molecule has 0 aliphatic rings. The second-order valence-corrected chi connectivity index (χ2v) is 11.8. The molecule has 0 heterocycles. The predicted octanol–water partition coefficient (Wildman–Crippen LogP) is 4.01. The van der Waals surface area contributed by atoms with E-state index in [1.807, 2.05) is 44.2 Å². The monoisotopic (exact) mass is 557 g/mol. The van der Waals surface area contributed by atoms with Crippen molar-refractivity contribution in [3.63, 3.8) is 0 Å². The van der Waals surface area contributed by atoms with Crippen LogP contribution in [0.1, 0.15) is 44.2 Å². The lowest BCUT2D eigenvalue weighted by Crippen LogP contribution is -2.49. The molecule has 0 bridgehead atoms. The number of benzene rings is 2. The highest BCUT2D eigenvalue weighted by Crippen LogP contribution is 2.20. The van der Waals surface area contributed by atoms with Gasteiger partial charge in [-0.1, -0.05) is 67.4 Å². The molecular weight excluding hydrogens is 521 g/mol. The average molecular weight is 559 g/mol. The van der Waals surface area contributed by atoms with Crippen molar-refractivity contribution in [1.82, 2.24) is 14.9 Å². The van der Waals surface area contributed by atoms with Gasteiger partial charge in [0.25, 0.3) is 0 Å². The van der Waals surface area contributed by atoms with Crippen LogP contribution in [0.3, 0.4) is 0 Å². The fourth-order valence-corrected chi connectivity index (χ4v) is 6.08. The lowest BCUT2D eigenvalue weighted by molar-refractivity contribution is -0.122. The minimum Gasteiger partial charge on any atom is -0.390 e. The van der Waals surface area contributed by atoms with Crippen LogP contribution >= 0.6 is 23.2 Å². The highest BCUT2D eigenvalue weighted by Gasteiger charge is 2.25. The summed E-state index contributed by atoms with van der Waals surface area (Å²) in [4.78, 5) is 12.8. The number of aliphatic hydroxyl groups is 1. The molecule has 0 spiro atoms. The number of carbonyl (C=O) groups excluding carboxylic acids is 1. The Kier molecular flexibility index (Phi) is 13.2. The van der Waals surface area contributed by atoms with Crippen LogP contribution in [0, 0.1) is 0 Å². The first kappa shape index (κ1) is 30.5. The number of aliphatic hydroxyl groups excluding tert-OH is 1. The zero-order chi connectivity index (χ0) is 26.6. The zero-order valence-corrected chi connectivity index (χ0v) is 23.2. The second-order valence-electron chi connectivity index (χ2n) is 8.80. The molecule has 0 aliphatic carbocycles. The number of nitrogens with zero attached hydrogens (tertiary/aromatic N) is 1. The van der Waals surface area contributed by atoms with Crippen molar-refractivity contribution in [2.45, 2.75) is 58.2 Å². The van der Waals surface area contributed by atoms with E-state index in [-0.39, 0.29) is 25.1 Å². The number of halogens is 2. The molecule has 0 radical (unpaired) electrons. The number of amides is 1. The van der Waals surface area contributed by atoms with Crippen molar-refractivity contribution in [1.29, 1.82) is 0 Å². The Morgan fingerprint density at radius 2 is 1.61 bits per heavy atom. The Labute approximate surface area is 225 Å². The summed E-state index contributed by atoms with van der Waals surface area (Å²) in [7, 11) is -3.55. The van der Waals surface area contributed by atoms with Crippen LogP contribution in [0.4, 0.5) is 0 Å². The maximum Gasteiger partial charge on any atom is 0.221 e.